The molecule has 3 aliphatic rings. The maximum Gasteiger partial charge on any atom is 0.288 e. The van der Waals surface area contributed by atoms with Crippen molar-refractivity contribution in [3.63, 3.8) is 0 Å². The summed E-state index contributed by atoms with van der Waals surface area (Å²) < 4.78 is 1.10. The first-order valence-corrected chi connectivity index (χ1v) is 11.2. The second kappa shape index (κ2) is 8.26. The summed E-state index contributed by atoms with van der Waals surface area (Å²) in [7, 11) is 0. The van der Waals surface area contributed by atoms with Crippen molar-refractivity contribution in [2.45, 2.75) is 59.7 Å². The van der Waals surface area contributed by atoms with E-state index < -0.39 is 5.56 Å². The number of pyridine rings is 1. The Morgan fingerprint density at radius 2 is 2.10 bits per heavy atom. The number of anilines is 1. The number of rotatable bonds is 6. The third-order valence-electron chi connectivity index (χ3n) is 7.59. The molecule has 2 aromatic heterocycles. The Bertz CT molecular complexity index is 1050. The molecule has 4 atom stereocenters. The fourth-order valence-electron chi connectivity index (χ4n) is 5.30. The van der Waals surface area contributed by atoms with Crippen molar-refractivity contribution >= 4 is 23.2 Å². The molecule has 1 amide bonds. The van der Waals surface area contributed by atoms with Gasteiger partial charge in [-0.15, -0.1) is 0 Å². The number of nitrogens with zero attached hydrogens (tertiary/aromatic N) is 3. The molecule has 0 spiro atoms. The zero-order valence-electron chi connectivity index (χ0n) is 18.5. The van der Waals surface area contributed by atoms with Gasteiger partial charge in [-0.2, -0.15) is 5.10 Å². The quantitative estimate of drug-likeness (QED) is 0.714. The Hall–Kier alpha value is -2.41. The summed E-state index contributed by atoms with van der Waals surface area (Å²) in [4.78, 5) is 29.1. The van der Waals surface area contributed by atoms with E-state index in [2.05, 4.69) is 41.5 Å². The zero-order chi connectivity index (χ0) is 22.3. The van der Waals surface area contributed by atoms with E-state index in [1.807, 2.05) is 13.0 Å². The summed E-state index contributed by atoms with van der Waals surface area (Å²) in [5.41, 5.74) is 2.45. The lowest BCUT2D eigenvalue weighted by atomic mass is 9.45. The summed E-state index contributed by atoms with van der Waals surface area (Å²) in [6.07, 6.45) is 7.34. The van der Waals surface area contributed by atoms with Crippen LogP contribution in [0.25, 0.3) is 0 Å². The molecule has 2 bridgehead atoms. The predicted molar refractivity (Wildman–Crippen MR) is 121 cm³/mol. The van der Waals surface area contributed by atoms with Crippen LogP contribution in [0.4, 0.5) is 5.69 Å². The van der Waals surface area contributed by atoms with Crippen LogP contribution in [0.1, 0.15) is 44.7 Å². The van der Waals surface area contributed by atoms with Crippen molar-refractivity contribution in [2.24, 2.45) is 23.2 Å². The van der Waals surface area contributed by atoms with Gasteiger partial charge in [-0.3, -0.25) is 14.6 Å². The van der Waals surface area contributed by atoms with Gasteiger partial charge in [0, 0.05) is 25.0 Å². The van der Waals surface area contributed by atoms with Crippen LogP contribution in [-0.2, 0) is 17.9 Å². The van der Waals surface area contributed by atoms with Crippen molar-refractivity contribution in [1.29, 1.82) is 0 Å². The van der Waals surface area contributed by atoms with Gasteiger partial charge in [-0.05, 0) is 60.1 Å². The van der Waals surface area contributed by atoms with Crippen LogP contribution in [0.5, 0.6) is 0 Å². The molecular formula is C23H30ClN5O2. The summed E-state index contributed by atoms with van der Waals surface area (Å²) in [5, 5.41) is 10.5. The minimum Gasteiger partial charge on any atom is -0.379 e. The Labute approximate surface area is 187 Å². The summed E-state index contributed by atoms with van der Waals surface area (Å²) in [6.45, 7) is 9.11. The molecule has 3 aliphatic carbocycles. The van der Waals surface area contributed by atoms with Crippen molar-refractivity contribution in [2.75, 3.05) is 5.32 Å². The van der Waals surface area contributed by atoms with Gasteiger partial charge in [0.1, 0.15) is 11.6 Å². The molecule has 0 unspecified atom stereocenters. The molecule has 0 aromatic carbocycles. The van der Waals surface area contributed by atoms with Gasteiger partial charge in [-0.25, -0.2) is 4.68 Å². The molecular weight excluding hydrogens is 414 g/mol. The number of carbonyl (C=O) groups is 1. The van der Waals surface area contributed by atoms with E-state index in [1.54, 1.807) is 18.6 Å². The molecule has 2 heterocycles. The highest BCUT2D eigenvalue weighted by molar-refractivity contribution is 6.32. The standard InChI is InChI=1S/C23H30ClN5O2/c1-13-9-25-6-5-15(13)10-26-20(30)12-29-22(31)21(24)19(11-27-29)28-18-8-16-7-17(14(18)2)23(16,3)4/h5-6,9,11,14,16-18,28H,7-8,10,12H2,1-4H3,(H,26,30)/t14-,16+,17-,18-/m1/s1. The molecule has 0 radical (unpaired) electrons. The molecule has 3 saturated carbocycles. The van der Waals surface area contributed by atoms with Crippen molar-refractivity contribution < 1.29 is 4.79 Å². The van der Waals surface area contributed by atoms with E-state index in [1.165, 1.54) is 6.42 Å². The maximum absolute atomic E-state index is 12.7. The number of carbonyl (C=O) groups excluding carboxylic acids is 1. The first kappa shape index (κ1) is 21.8. The number of hydrogen-bond donors (Lipinski definition) is 2. The number of fused-ring (bicyclic) bond motifs is 2. The lowest BCUT2D eigenvalue weighted by Gasteiger charge is -2.62. The number of nitrogens with one attached hydrogen (secondary N) is 2. The van der Waals surface area contributed by atoms with Gasteiger partial charge in [0.2, 0.25) is 5.91 Å². The first-order valence-electron chi connectivity index (χ1n) is 10.9. The summed E-state index contributed by atoms with van der Waals surface area (Å²) in [5.74, 6) is 1.58. The topological polar surface area (TPSA) is 88.9 Å². The lowest BCUT2D eigenvalue weighted by molar-refractivity contribution is -0.122. The monoisotopic (exact) mass is 443 g/mol. The van der Waals surface area contributed by atoms with E-state index >= 15 is 0 Å². The van der Waals surface area contributed by atoms with E-state index in [-0.39, 0.29) is 23.5 Å². The molecule has 166 valence electrons. The van der Waals surface area contributed by atoms with Crippen molar-refractivity contribution in [1.82, 2.24) is 20.1 Å². The van der Waals surface area contributed by atoms with Crippen molar-refractivity contribution in [3.05, 3.63) is 51.2 Å². The predicted octanol–water partition coefficient (Wildman–Crippen LogP) is 3.40. The van der Waals surface area contributed by atoms with Crippen LogP contribution in [0.15, 0.2) is 29.5 Å². The normalized spacial score (nSPS) is 26.1. The van der Waals surface area contributed by atoms with E-state index in [9.17, 15) is 9.59 Å². The number of halogens is 1. The maximum atomic E-state index is 12.7. The molecule has 2 N–H and O–H groups in total. The van der Waals surface area contributed by atoms with Crippen LogP contribution in [0.3, 0.4) is 0 Å². The second-order valence-corrected chi connectivity index (χ2v) is 10.00. The Balaban J connectivity index is 1.39. The number of aryl methyl sites for hydroxylation is 1. The van der Waals surface area contributed by atoms with Gasteiger partial charge in [-0.1, -0.05) is 32.4 Å². The minimum atomic E-state index is -0.462. The smallest absolute Gasteiger partial charge is 0.288 e. The zero-order valence-corrected chi connectivity index (χ0v) is 19.2. The fourth-order valence-corrected chi connectivity index (χ4v) is 5.51. The number of amides is 1. The third kappa shape index (κ3) is 4.07. The van der Waals surface area contributed by atoms with E-state index in [0.29, 0.717) is 35.4 Å². The molecule has 3 fully saturated rings. The SMILES string of the molecule is Cc1cnccc1CNC(=O)Cn1ncc(N[C@@H]2C[C@@H]3C[C@H]([C@H]2C)C3(C)C)c(Cl)c1=O. The first-order chi connectivity index (χ1) is 14.7. The Morgan fingerprint density at radius 1 is 1.32 bits per heavy atom. The molecule has 0 saturated heterocycles. The molecule has 8 heteroatoms. The minimum absolute atomic E-state index is 0.0819. The van der Waals surface area contributed by atoms with Gasteiger partial charge in [0.15, 0.2) is 0 Å². The highest BCUT2D eigenvalue weighted by atomic mass is 35.5. The van der Waals surface area contributed by atoms with Crippen LogP contribution in [0, 0.1) is 30.1 Å². The van der Waals surface area contributed by atoms with Crippen LogP contribution < -0.4 is 16.2 Å². The average Bonchev–Trinajstić information content (AvgIpc) is 2.73. The van der Waals surface area contributed by atoms with Gasteiger partial charge < -0.3 is 10.6 Å². The lowest BCUT2D eigenvalue weighted by Crippen LogP contribution is -2.58. The molecule has 7 nitrogen and oxygen atoms in total. The second-order valence-electron chi connectivity index (χ2n) is 9.62. The highest BCUT2D eigenvalue weighted by Crippen LogP contribution is 2.61. The van der Waals surface area contributed by atoms with Crippen LogP contribution in [0.2, 0.25) is 5.02 Å². The summed E-state index contributed by atoms with van der Waals surface area (Å²) in [6, 6.07) is 2.13. The molecule has 5 rings (SSSR count). The van der Waals surface area contributed by atoms with Gasteiger partial charge in [0.25, 0.3) is 5.56 Å². The number of hydrogen-bond acceptors (Lipinski definition) is 5. The highest BCUT2D eigenvalue weighted by Gasteiger charge is 2.56. The summed E-state index contributed by atoms with van der Waals surface area (Å²) >= 11 is 6.37. The van der Waals surface area contributed by atoms with Gasteiger partial charge in [0.05, 0.1) is 11.9 Å². The molecule has 2 aromatic rings. The Morgan fingerprint density at radius 3 is 2.77 bits per heavy atom. The fraction of sp³-hybridized carbons (Fsp3) is 0.565. The van der Waals surface area contributed by atoms with Crippen LogP contribution in [-0.4, -0.2) is 26.7 Å². The molecule has 0 aliphatic heterocycles. The third-order valence-corrected chi connectivity index (χ3v) is 7.95. The van der Waals surface area contributed by atoms with E-state index in [0.717, 1.165) is 22.2 Å². The Kier molecular flexibility index (Phi) is 5.81. The molecule has 31 heavy (non-hydrogen) atoms. The van der Waals surface area contributed by atoms with E-state index in [4.69, 9.17) is 11.6 Å². The van der Waals surface area contributed by atoms with Crippen LogP contribution >= 0.6 is 11.6 Å². The van der Waals surface area contributed by atoms with Crippen molar-refractivity contribution in [3.8, 4) is 0 Å². The largest absolute Gasteiger partial charge is 0.379 e. The van der Waals surface area contributed by atoms with Gasteiger partial charge >= 0.3 is 0 Å². The number of aromatic nitrogens is 3. The average molecular weight is 444 g/mol.